The second-order valence-corrected chi connectivity index (χ2v) is 5.98. The van der Waals surface area contributed by atoms with Crippen molar-refractivity contribution in [1.29, 1.82) is 0 Å². The standard InChI is InChI=1S/C11H22N2OS/c1-3-5-9(8-12)13-10(14)11(2)6-4-7-15-11/h9H,3-8,12H2,1-2H3,(H,13,14). The van der Waals surface area contributed by atoms with Gasteiger partial charge in [-0.15, -0.1) is 11.8 Å². The lowest BCUT2D eigenvalue weighted by atomic mass is 10.0. The largest absolute Gasteiger partial charge is 0.351 e. The number of carbonyl (C=O) groups excluding carboxylic acids is 1. The molecule has 1 rings (SSSR count). The third-order valence-corrected chi connectivity index (χ3v) is 4.48. The van der Waals surface area contributed by atoms with Gasteiger partial charge in [-0.05, 0) is 31.9 Å². The topological polar surface area (TPSA) is 55.1 Å². The molecule has 1 aliphatic rings. The van der Waals surface area contributed by atoms with Crippen molar-refractivity contribution in [2.24, 2.45) is 5.73 Å². The van der Waals surface area contributed by atoms with Crippen LogP contribution in [0.3, 0.4) is 0 Å². The smallest absolute Gasteiger partial charge is 0.236 e. The highest BCUT2D eigenvalue weighted by Gasteiger charge is 2.37. The van der Waals surface area contributed by atoms with Crippen LogP contribution in [0, 0.1) is 0 Å². The van der Waals surface area contributed by atoms with Crippen molar-refractivity contribution in [1.82, 2.24) is 5.32 Å². The van der Waals surface area contributed by atoms with Gasteiger partial charge in [0.2, 0.25) is 5.91 Å². The average molecular weight is 230 g/mol. The second kappa shape index (κ2) is 5.75. The Morgan fingerprint density at radius 2 is 2.40 bits per heavy atom. The van der Waals surface area contributed by atoms with Crippen LogP contribution in [-0.2, 0) is 4.79 Å². The highest BCUT2D eigenvalue weighted by atomic mass is 32.2. The molecule has 15 heavy (non-hydrogen) atoms. The molecule has 0 aromatic heterocycles. The summed E-state index contributed by atoms with van der Waals surface area (Å²) in [5, 5.41) is 3.07. The highest BCUT2D eigenvalue weighted by Crippen LogP contribution is 2.37. The Morgan fingerprint density at radius 1 is 1.67 bits per heavy atom. The molecule has 1 heterocycles. The van der Waals surface area contributed by atoms with Crippen molar-refractivity contribution in [2.45, 2.75) is 50.3 Å². The molecule has 0 aromatic rings. The van der Waals surface area contributed by atoms with Crippen molar-refractivity contribution >= 4 is 17.7 Å². The van der Waals surface area contributed by atoms with Crippen LogP contribution in [0.2, 0.25) is 0 Å². The van der Waals surface area contributed by atoms with Crippen molar-refractivity contribution in [2.75, 3.05) is 12.3 Å². The first kappa shape index (κ1) is 12.8. The molecule has 4 heteroatoms. The van der Waals surface area contributed by atoms with Crippen LogP contribution in [0.4, 0.5) is 0 Å². The van der Waals surface area contributed by atoms with Crippen LogP contribution in [-0.4, -0.2) is 29.0 Å². The second-order valence-electron chi connectivity index (χ2n) is 4.38. The summed E-state index contributed by atoms with van der Waals surface area (Å²) in [7, 11) is 0. The van der Waals surface area contributed by atoms with E-state index in [-0.39, 0.29) is 16.7 Å². The third-order valence-electron chi connectivity index (χ3n) is 2.96. The molecule has 0 saturated carbocycles. The predicted molar refractivity (Wildman–Crippen MR) is 66.0 cm³/mol. The van der Waals surface area contributed by atoms with Gasteiger partial charge in [0, 0.05) is 12.6 Å². The molecular weight excluding hydrogens is 208 g/mol. The maximum absolute atomic E-state index is 12.0. The molecule has 88 valence electrons. The number of hydrogen-bond acceptors (Lipinski definition) is 3. The minimum absolute atomic E-state index is 0.153. The van der Waals surface area contributed by atoms with Gasteiger partial charge in [0.05, 0.1) is 4.75 Å². The summed E-state index contributed by atoms with van der Waals surface area (Å²) in [6, 6.07) is 0.153. The Hall–Kier alpha value is -0.220. The van der Waals surface area contributed by atoms with E-state index >= 15 is 0 Å². The number of carbonyl (C=O) groups is 1. The Labute approximate surface area is 96.6 Å². The predicted octanol–water partition coefficient (Wildman–Crippen LogP) is 1.52. The molecule has 1 fully saturated rings. The van der Waals surface area contributed by atoms with Crippen LogP contribution in [0.15, 0.2) is 0 Å². The summed E-state index contributed by atoms with van der Waals surface area (Å²) in [5.41, 5.74) is 5.63. The number of nitrogens with two attached hydrogens (primary N) is 1. The van der Waals surface area contributed by atoms with Gasteiger partial charge in [0.25, 0.3) is 0 Å². The third kappa shape index (κ3) is 3.38. The van der Waals surface area contributed by atoms with Crippen molar-refractivity contribution < 1.29 is 4.79 Å². The van der Waals surface area contributed by atoms with E-state index < -0.39 is 0 Å². The molecule has 1 aliphatic heterocycles. The highest BCUT2D eigenvalue weighted by molar-refractivity contribution is 8.01. The molecule has 0 spiro atoms. The minimum Gasteiger partial charge on any atom is -0.351 e. The molecule has 0 radical (unpaired) electrons. The van der Waals surface area contributed by atoms with E-state index in [1.807, 2.05) is 6.92 Å². The van der Waals surface area contributed by atoms with Gasteiger partial charge in [-0.3, -0.25) is 4.79 Å². The number of hydrogen-bond donors (Lipinski definition) is 2. The molecule has 2 atom stereocenters. The van der Waals surface area contributed by atoms with E-state index in [9.17, 15) is 4.79 Å². The van der Waals surface area contributed by atoms with Gasteiger partial charge in [-0.2, -0.15) is 0 Å². The fourth-order valence-electron chi connectivity index (χ4n) is 1.89. The van der Waals surface area contributed by atoms with E-state index in [1.165, 1.54) is 0 Å². The zero-order chi connectivity index (χ0) is 11.3. The van der Waals surface area contributed by atoms with Crippen LogP contribution in [0.25, 0.3) is 0 Å². The summed E-state index contributed by atoms with van der Waals surface area (Å²) in [6.07, 6.45) is 4.18. The van der Waals surface area contributed by atoms with Crippen LogP contribution in [0.5, 0.6) is 0 Å². The molecular formula is C11H22N2OS. The van der Waals surface area contributed by atoms with E-state index in [4.69, 9.17) is 5.73 Å². The summed E-state index contributed by atoms with van der Waals surface area (Å²) >= 11 is 1.77. The van der Waals surface area contributed by atoms with Gasteiger partial charge in [-0.25, -0.2) is 0 Å². The molecule has 1 saturated heterocycles. The Bertz CT molecular complexity index is 215. The van der Waals surface area contributed by atoms with E-state index in [0.717, 1.165) is 31.4 Å². The van der Waals surface area contributed by atoms with E-state index in [2.05, 4.69) is 12.2 Å². The molecule has 0 aromatic carbocycles. The molecule has 0 bridgehead atoms. The molecule has 0 aliphatic carbocycles. The first-order valence-electron chi connectivity index (χ1n) is 5.77. The first-order valence-corrected chi connectivity index (χ1v) is 6.76. The fourth-order valence-corrected chi connectivity index (χ4v) is 3.11. The summed E-state index contributed by atoms with van der Waals surface area (Å²) in [6.45, 7) is 4.70. The van der Waals surface area contributed by atoms with Gasteiger partial charge >= 0.3 is 0 Å². The Morgan fingerprint density at radius 3 is 2.87 bits per heavy atom. The summed E-state index contributed by atoms with van der Waals surface area (Å²) in [5.74, 6) is 1.28. The summed E-state index contributed by atoms with van der Waals surface area (Å²) < 4.78 is -0.207. The molecule has 3 N–H and O–H groups in total. The summed E-state index contributed by atoms with van der Waals surface area (Å²) in [4.78, 5) is 12.0. The lowest BCUT2D eigenvalue weighted by Crippen LogP contribution is -2.48. The lowest BCUT2D eigenvalue weighted by molar-refractivity contribution is -0.123. The maximum atomic E-state index is 12.0. The van der Waals surface area contributed by atoms with Gasteiger partial charge < -0.3 is 11.1 Å². The number of rotatable bonds is 5. The molecule has 2 unspecified atom stereocenters. The average Bonchev–Trinajstić information content (AvgIpc) is 2.65. The van der Waals surface area contributed by atoms with E-state index in [0.29, 0.717) is 6.54 Å². The minimum atomic E-state index is -0.207. The van der Waals surface area contributed by atoms with Gasteiger partial charge in [0.15, 0.2) is 0 Å². The Kier molecular flexibility index (Phi) is 4.93. The zero-order valence-electron chi connectivity index (χ0n) is 9.71. The zero-order valence-corrected chi connectivity index (χ0v) is 10.5. The maximum Gasteiger partial charge on any atom is 0.236 e. The number of amides is 1. The van der Waals surface area contributed by atoms with Crippen molar-refractivity contribution in [3.63, 3.8) is 0 Å². The van der Waals surface area contributed by atoms with Crippen LogP contribution >= 0.6 is 11.8 Å². The van der Waals surface area contributed by atoms with Crippen LogP contribution in [0.1, 0.15) is 39.5 Å². The first-order chi connectivity index (χ1) is 7.12. The SMILES string of the molecule is CCCC(CN)NC(=O)C1(C)CCCS1. The van der Waals surface area contributed by atoms with Crippen molar-refractivity contribution in [3.05, 3.63) is 0 Å². The van der Waals surface area contributed by atoms with Gasteiger partial charge in [0.1, 0.15) is 0 Å². The number of nitrogens with one attached hydrogen (secondary N) is 1. The van der Waals surface area contributed by atoms with Crippen LogP contribution < -0.4 is 11.1 Å². The van der Waals surface area contributed by atoms with Crippen molar-refractivity contribution in [3.8, 4) is 0 Å². The normalized spacial score (nSPS) is 27.7. The molecule has 1 amide bonds. The Balaban J connectivity index is 2.45. The molecule has 3 nitrogen and oxygen atoms in total. The monoisotopic (exact) mass is 230 g/mol. The van der Waals surface area contributed by atoms with E-state index in [1.54, 1.807) is 11.8 Å². The fraction of sp³-hybridized carbons (Fsp3) is 0.909. The van der Waals surface area contributed by atoms with Gasteiger partial charge in [-0.1, -0.05) is 13.3 Å². The quantitative estimate of drug-likeness (QED) is 0.753. The lowest BCUT2D eigenvalue weighted by Gasteiger charge is -2.25. The number of thioether (sulfide) groups is 1.